The largest absolute Gasteiger partial charge is 0.305 e. The van der Waals surface area contributed by atoms with Gasteiger partial charge < -0.3 is 4.98 Å². The highest BCUT2D eigenvalue weighted by Crippen LogP contribution is 2.17. The van der Waals surface area contributed by atoms with Gasteiger partial charge in [-0.2, -0.15) is 0 Å². The minimum atomic E-state index is -0.213. The van der Waals surface area contributed by atoms with Gasteiger partial charge in [0.25, 0.3) is 5.56 Å². The average Bonchev–Trinajstić information content (AvgIpc) is 2.48. The number of nitrogens with zero attached hydrogens (tertiary/aromatic N) is 3. The number of aromatic amines is 1. The molecule has 19 heavy (non-hydrogen) atoms. The molecule has 3 rings (SSSR count). The van der Waals surface area contributed by atoms with Crippen LogP contribution < -0.4 is 5.56 Å². The highest BCUT2D eigenvalue weighted by molar-refractivity contribution is 5.61. The Morgan fingerprint density at radius 2 is 1.84 bits per heavy atom. The van der Waals surface area contributed by atoms with Crippen LogP contribution in [0.4, 0.5) is 0 Å². The highest BCUT2D eigenvalue weighted by atomic mass is 16.1. The van der Waals surface area contributed by atoms with Crippen molar-refractivity contribution in [2.45, 2.75) is 0 Å². The molecule has 0 radical (unpaired) electrons. The molecule has 0 amide bonds. The lowest BCUT2D eigenvalue weighted by molar-refractivity contribution is 1.09. The molecule has 0 fully saturated rings. The first-order valence-electron chi connectivity index (χ1n) is 5.76. The van der Waals surface area contributed by atoms with Crippen molar-refractivity contribution in [2.24, 2.45) is 0 Å². The Morgan fingerprint density at radius 3 is 2.58 bits per heavy atom. The van der Waals surface area contributed by atoms with Crippen LogP contribution in [0, 0.1) is 0 Å². The molecule has 0 aliphatic rings. The molecule has 2 aromatic heterocycles. The van der Waals surface area contributed by atoms with Gasteiger partial charge in [0.05, 0.1) is 11.9 Å². The number of hydrogen-bond donors (Lipinski definition) is 1. The number of hydrogen-bond acceptors (Lipinski definition) is 4. The van der Waals surface area contributed by atoms with Crippen molar-refractivity contribution >= 4 is 0 Å². The van der Waals surface area contributed by atoms with Crippen LogP contribution in [0.3, 0.4) is 0 Å². The normalized spacial score (nSPS) is 10.3. The fraction of sp³-hybridized carbons (Fsp3) is 0. The van der Waals surface area contributed by atoms with Crippen LogP contribution in [0.5, 0.6) is 0 Å². The molecule has 0 unspecified atom stereocenters. The molecule has 92 valence electrons. The highest BCUT2D eigenvalue weighted by Gasteiger charge is 2.06. The van der Waals surface area contributed by atoms with Gasteiger partial charge in [0.15, 0.2) is 5.82 Å². The van der Waals surface area contributed by atoms with E-state index in [4.69, 9.17) is 0 Å². The lowest BCUT2D eigenvalue weighted by Crippen LogP contribution is -2.09. The Kier molecular flexibility index (Phi) is 2.86. The smallest absolute Gasteiger partial charge is 0.251 e. The summed E-state index contributed by atoms with van der Waals surface area (Å²) in [5.41, 5.74) is 1.83. The lowest BCUT2D eigenvalue weighted by Gasteiger charge is -2.03. The van der Waals surface area contributed by atoms with E-state index in [1.807, 2.05) is 30.3 Å². The fourth-order valence-corrected chi connectivity index (χ4v) is 1.76. The van der Waals surface area contributed by atoms with Crippen molar-refractivity contribution in [3.8, 4) is 22.8 Å². The van der Waals surface area contributed by atoms with E-state index in [0.29, 0.717) is 17.2 Å². The van der Waals surface area contributed by atoms with E-state index < -0.39 is 0 Å². The topological polar surface area (TPSA) is 71.5 Å². The van der Waals surface area contributed by atoms with Gasteiger partial charge in [-0.05, 0) is 0 Å². The van der Waals surface area contributed by atoms with E-state index >= 15 is 0 Å². The standard InChI is InChI=1S/C14H10N4O/c19-13-8-11(10-4-2-1-3-5-10)17-14(18-13)12-9-15-6-7-16-12/h1-9H,(H,17,18,19). The number of rotatable bonds is 2. The van der Waals surface area contributed by atoms with Gasteiger partial charge in [0, 0.05) is 24.0 Å². The van der Waals surface area contributed by atoms with Gasteiger partial charge in [-0.3, -0.25) is 9.78 Å². The molecule has 5 nitrogen and oxygen atoms in total. The number of aromatic nitrogens is 4. The van der Waals surface area contributed by atoms with E-state index in [1.54, 1.807) is 18.6 Å². The average molecular weight is 250 g/mol. The monoisotopic (exact) mass is 250 g/mol. The lowest BCUT2D eigenvalue weighted by atomic mass is 10.1. The number of benzene rings is 1. The van der Waals surface area contributed by atoms with Crippen molar-refractivity contribution in [2.75, 3.05) is 0 Å². The van der Waals surface area contributed by atoms with Crippen LogP contribution in [-0.2, 0) is 0 Å². The van der Waals surface area contributed by atoms with E-state index in [9.17, 15) is 4.79 Å². The van der Waals surface area contributed by atoms with Crippen LogP contribution >= 0.6 is 0 Å². The Bertz CT molecular complexity index is 677. The molecule has 5 heteroatoms. The molecule has 0 spiro atoms. The molecule has 0 aliphatic carbocycles. The molecular weight excluding hydrogens is 240 g/mol. The van der Waals surface area contributed by atoms with Gasteiger partial charge in [-0.15, -0.1) is 0 Å². The van der Waals surface area contributed by atoms with Gasteiger partial charge in [0.1, 0.15) is 5.69 Å². The van der Waals surface area contributed by atoms with E-state index in [1.165, 1.54) is 6.07 Å². The van der Waals surface area contributed by atoms with Gasteiger partial charge in [-0.1, -0.05) is 30.3 Å². The molecule has 0 saturated carbocycles. The van der Waals surface area contributed by atoms with Gasteiger partial charge >= 0.3 is 0 Å². The van der Waals surface area contributed by atoms with Crippen LogP contribution in [-0.4, -0.2) is 19.9 Å². The second kappa shape index (κ2) is 4.81. The third kappa shape index (κ3) is 2.40. The summed E-state index contributed by atoms with van der Waals surface area (Å²) in [6, 6.07) is 11.0. The molecule has 1 aromatic carbocycles. The van der Waals surface area contributed by atoms with Crippen molar-refractivity contribution in [1.82, 2.24) is 19.9 Å². The summed E-state index contributed by atoms with van der Waals surface area (Å²) < 4.78 is 0. The Labute approximate surface area is 109 Å². The SMILES string of the molecule is O=c1cc(-c2ccccc2)nc(-c2cnccn2)[nH]1. The molecule has 2 heterocycles. The third-order valence-corrected chi connectivity index (χ3v) is 2.62. The second-order valence-electron chi connectivity index (χ2n) is 3.94. The first-order chi connectivity index (χ1) is 9.33. The fourth-order valence-electron chi connectivity index (χ4n) is 1.76. The quantitative estimate of drug-likeness (QED) is 0.754. The van der Waals surface area contributed by atoms with Crippen LogP contribution in [0.1, 0.15) is 0 Å². The summed E-state index contributed by atoms with van der Waals surface area (Å²) in [5.74, 6) is 0.416. The summed E-state index contributed by atoms with van der Waals surface area (Å²) >= 11 is 0. The van der Waals surface area contributed by atoms with Crippen LogP contribution in [0.15, 0.2) is 59.8 Å². The molecule has 0 bridgehead atoms. The van der Waals surface area contributed by atoms with Crippen molar-refractivity contribution in [3.05, 3.63) is 65.3 Å². The zero-order valence-corrected chi connectivity index (χ0v) is 9.95. The Morgan fingerprint density at radius 1 is 1.00 bits per heavy atom. The minimum Gasteiger partial charge on any atom is -0.305 e. The summed E-state index contributed by atoms with van der Waals surface area (Å²) in [6.45, 7) is 0. The van der Waals surface area contributed by atoms with Crippen molar-refractivity contribution in [1.29, 1.82) is 0 Å². The summed E-state index contributed by atoms with van der Waals surface area (Å²) in [5, 5.41) is 0. The van der Waals surface area contributed by atoms with Crippen LogP contribution in [0.2, 0.25) is 0 Å². The van der Waals surface area contributed by atoms with Gasteiger partial charge in [0.2, 0.25) is 0 Å². The van der Waals surface area contributed by atoms with Crippen molar-refractivity contribution < 1.29 is 0 Å². The number of nitrogens with one attached hydrogen (secondary N) is 1. The molecule has 0 atom stereocenters. The summed E-state index contributed by atoms with van der Waals surface area (Å²) in [4.78, 5) is 26.9. The maximum absolute atomic E-state index is 11.7. The van der Waals surface area contributed by atoms with Crippen LogP contribution in [0.25, 0.3) is 22.8 Å². The zero-order chi connectivity index (χ0) is 13.1. The molecule has 1 N–H and O–H groups in total. The summed E-state index contributed by atoms with van der Waals surface area (Å²) in [7, 11) is 0. The Balaban J connectivity index is 2.15. The second-order valence-corrected chi connectivity index (χ2v) is 3.94. The molecule has 0 aliphatic heterocycles. The first-order valence-corrected chi connectivity index (χ1v) is 5.76. The minimum absolute atomic E-state index is 0.213. The van der Waals surface area contributed by atoms with Gasteiger partial charge in [-0.25, -0.2) is 9.97 Å². The predicted octanol–water partition coefficient (Wildman–Crippen LogP) is 1.89. The van der Waals surface area contributed by atoms with Crippen molar-refractivity contribution in [3.63, 3.8) is 0 Å². The Hall–Kier alpha value is -2.82. The first kappa shape index (κ1) is 11.3. The maximum Gasteiger partial charge on any atom is 0.251 e. The summed E-state index contributed by atoms with van der Waals surface area (Å²) in [6.07, 6.45) is 4.69. The zero-order valence-electron chi connectivity index (χ0n) is 9.95. The van der Waals surface area contributed by atoms with E-state index in [0.717, 1.165) is 5.56 Å². The predicted molar refractivity (Wildman–Crippen MR) is 71.3 cm³/mol. The van der Waals surface area contributed by atoms with E-state index in [2.05, 4.69) is 19.9 Å². The molecule has 3 aromatic rings. The third-order valence-electron chi connectivity index (χ3n) is 2.62. The maximum atomic E-state index is 11.7. The van der Waals surface area contributed by atoms with E-state index in [-0.39, 0.29) is 5.56 Å². The number of H-pyrrole nitrogens is 1. The molecular formula is C14H10N4O. The molecule has 0 saturated heterocycles.